The van der Waals surface area contributed by atoms with Gasteiger partial charge in [0.05, 0.1) is 14.8 Å². The van der Waals surface area contributed by atoms with Crippen molar-refractivity contribution >= 4 is 21.3 Å². The lowest BCUT2D eigenvalue weighted by atomic mass is 10.5. The summed E-state index contributed by atoms with van der Waals surface area (Å²) < 4.78 is 18.8. The number of pyridine rings is 1. The lowest BCUT2D eigenvalue weighted by molar-refractivity contribution is 0.672. The number of aromatic nitrogens is 1. The third-order valence-corrected chi connectivity index (χ3v) is 3.40. The molecule has 1 aromatic rings. The molecule has 0 saturated heterocycles. The average molecular weight is 205 g/mol. The molecule has 1 aromatic heterocycles. The van der Waals surface area contributed by atoms with Gasteiger partial charge in [-0.05, 0) is 12.1 Å². The number of hydrogen-bond acceptors (Lipinski definition) is 3. The Kier molecular flexibility index (Phi) is 2.69. The lowest BCUT2D eigenvalue weighted by Crippen LogP contribution is -2.03. The fourth-order valence-corrected chi connectivity index (χ4v) is 1.62. The van der Waals surface area contributed by atoms with Crippen LogP contribution in [0.2, 0.25) is 5.02 Å². The Morgan fingerprint density at radius 2 is 2.33 bits per heavy atom. The molecule has 5 heteroatoms. The normalized spacial score (nSPS) is 15.5. The van der Waals surface area contributed by atoms with Crippen LogP contribution in [0.25, 0.3) is 0 Å². The Morgan fingerprint density at radius 3 is 2.75 bits per heavy atom. The standard InChI is InChI=1S/C7H9ClN2OS/c1-2-12(9,11)7-4-3-6(8)5-10-7/h3-5,9H,2H2,1H3/t12-/m0/s1. The molecular weight excluding hydrogens is 196 g/mol. The SMILES string of the molecule is CC[S@](=N)(=O)c1ccc(Cl)cn1. The minimum atomic E-state index is -2.68. The van der Waals surface area contributed by atoms with Gasteiger partial charge in [0.15, 0.2) is 0 Å². The average Bonchev–Trinajstić information content (AvgIpc) is 2.05. The zero-order valence-electron chi connectivity index (χ0n) is 6.58. The van der Waals surface area contributed by atoms with E-state index in [9.17, 15) is 4.21 Å². The van der Waals surface area contributed by atoms with Crippen LogP contribution in [0.4, 0.5) is 0 Å². The van der Waals surface area contributed by atoms with Crippen molar-refractivity contribution in [3.63, 3.8) is 0 Å². The molecule has 0 saturated carbocycles. The summed E-state index contributed by atoms with van der Waals surface area (Å²) in [6.07, 6.45) is 1.40. The summed E-state index contributed by atoms with van der Waals surface area (Å²) in [5.74, 6) is 0.279. The molecule has 0 aromatic carbocycles. The van der Waals surface area contributed by atoms with Gasteiger partial charge in [0.1, 0.15) is 5.03 Å². The minimum absolute atomic E-state index is 0.279. The number of halogens is 1. The smallest absolute Gasteiger partial charge is 0.135 e. The van der Waals surface area contributed by atoms with Crippen LogP contribution in [-0.2, 0) is 9.73 Å². The topological polar surface area (TPSA) is 53.8 Å². The molecule has 0 amide bonds. The van der Waals surface area contributed by atoms with Crippen LogP contribution < -0.4 is 0 Å². The van der Waals surface area contributed by atoms with E-state index in [1.165, 1.54) is 12.3 Å². The van der Waals surface area contributed by atoms with Gasteiger partial charge in [0.2, 0.25) is 0 Å². The molecule has 0 aliphatic heterocycles. The van der Waals surface area contributed by atoms with Crippen LogP contribution >= 0.6 is 11.6 Å². The second-order valence-electron chi connectivity index (χ2n) is 2.28. The highest BCUT2D eigenvalue weighted by Crippen LogP contribution is 2.11. The summed E-state index contributed by atoms with van der Waals surface area (Å²) in [5.41, 5.74) is 0. The summed E-state index contributed by atoms with van der Waals surface area (Å²) in [5, 5.41) is 0.791. The van der Waals surface area contributed by atoms with Gasteiger partial charge in [-0.2, -0.15) is 0 Å². The van der Waals surface area contributed by atoms with Gasteiger partial charge in [-0.1, -0.05) is 18.5 Å². The van der Waals surface area contributed by atoms with E-state index < -0.39 is 9.73 Å². The molecule has 0 aliphatic carbocycles. The molecule has 3 nitrogen and oxygen atoms in total. The van der Waals surface area contributed by atoms with E-state index in [0.29, 0.717) is 10.0 Å². The quantitative estimate of drug-likeness (QED) is 0.803. The zero-order valence-corrected chi connectivity index (χ0v) is 8.15. The van der Waals surface area contributed by atoms with Crippen molar-refractivity contribution in [2.24, 2.45) is 0 Å². The first-order valence-electron chi connectivity index (χ1n) is 3.44. The van der Waals surface area contributed by atoms with Gasteiger partial charge in [-0.15, -0.1) is 0 Å². The van der Waals surface area contributed by atoms with Crippen molar-refractivity contribution in [2.75, 3.05) is 5.75 Å². The largest absolute Gasteiger partial charge is 0.248 e. The molecular formula is C7H9ClN2OS. The summed E-state index contributed by atoms with van der Waals surface area (Å²) in [6, 6.07) is 3.12. The number of nitrogens with zero attached hydrogens (tertiary/aromatic N) is 1. The monoisotopic (exact) mass is 204 g/mol. The fraction of sp³-hybridized carbons (Fsp3) is 0.286. The number of hydrogen-bond donors (Lipinski definition) is 1. The first kappa shape index (κ1) is 9.48. The Morgan fingerprint density at radius 1 is 1.67 bits per heavy atom. The summed E-state index contributed by atoms with van der Waals surface area (Å²) in [6.45, 7) is 1.70. The predicted octanol–water partition coefficient (Wildman–Crippen LogP) is 2.16. The highest BCUT2D eigenvalue weighted by atomic mass is 35.5. The van der Waals surface area contributed by atoms with Crippen LogP contribution in [0.15, 0.2) is 23.4 Å². The second kappa shape index (κ2) is 3.41. The van der Waals surface area contributed by atoms with E-state index in [4.69, 9.17) is 16.4 Å². The lowest BCUT2D eigenvalue weighted by Gasteiger charge is -2.01. The molecule has 0 aliphatic rings. The van der Waals surface area contributed by atoms with E-state index in [1.807, 2.05) is 0 Å². The van der Waals surface area contributed by atoms with E-state index in [1.54, 1.807) is 13.0 Å². The molecule has 0 radical (unpaired) electrons. The Balaban J connectivity index is 3.14. The van der Waals surface area contributed by atoms with Gasteiger partial charge < -0.3 is 0 Å². The summed E-state index contributed by atoms with van der Waals surface area (Å²) in [7, 11) is -2.68. The van der Waals surface area contributed by atoms with Gasteiger partial charge in [-0.25, -0.2) is 14.0 Å². The van der Waals surface area contributed by atoms with Crippen molar-refractivity contribution < 1.29 is 4.21 Å². The molecule has 1 N–H and O–H groups in total. The maximum absolute atomic E-state index is 11.4. The van der Waals surface area contributed by atoms with E-state index >= 15 is 0 Å². The molecule has 0 fully saturated rings. The molecule has 0 bridgehead atoms. The highest BCUT2D eigenvalue weighted by Gasteiger charge is 2.07. The van der Waals surface area contributed by atoms with Gasteiger partial charge in [0.25, 0.3) is 0 Å². The Labute approximate surface area is 76.8 Å². The van der Waals surface area contributed by atoms with E-state index in [0.717, 1.165) is 0 Å². The zero-order chi connectivity index (χ0) is 9.19. The third-order valence-electron chi connectivity index (χ3n) is 1.44. The van der Waals surface area contributed by atoms with Crippen molar-refractivity contribution in [2.45, 2.75) is 11.9 Å². The molecule has 0 unspecified atom stereocenters. The van der Waals surface area contributed by atoms with E-state index in [-0.39, 0.29) is 5.75 Å². The molecule has 1 heterocycles. The number of rotatable bonds is 2. The predicted molar refractivity (Wildman–Crippen MR) is 48.9 cm³/mol. The molecule has 0 spiro atoms. The summed E-state index contributed by atoms with van der Waals surface area (Å²) in [4.78, 5) is 3.83. The van der Waals surface area contributed by atoms with E-state index in [2.05, 4.69) is 4.98 Å². The summed E-state index contributed by atoms with van der Waals surface area (Å²) >= 11 is 5.59. The van der Waals surface area contributed by atoms with Gasteiger partial charge in [0, 0.05) is 11.9 Å². The molecule has 12 heavy (non-hydrogen) atoms. The van der Waals surface area contributed by atoms with Crippen molar-refractivity contribution in [3.05, 3.63) is 23.4 Å². The molecule has 1 rings (SSSR count). The van der Waals surface area contributed by atoms with Crippen LogP contribution in [0.3, 0.4) is 0 Å². The van der Waals surface area contributed by atoms with Crippen molar-refractivity contribution in [1.29, 1.82) is 4.78 Å². The van der Waals surface area contributed by atoms with Crippen molar-refractivity contribution in [1.82, 2.24) is 4.98 Å². The Hall–Kier alpha value is -0.610. The first-order valence-corrected chi connectivity index (χ1v) is 5.55. The molecule has 66 valence electrons. The third kappa shape index (κ3) is 1.95. The molecule has 1 atom stereocenters. The minimum Gasteiger partial charge on any atom is -0.248 e. The van der Waals surface area contributed by atoms with Crippen LogP contribution in [0.5, 0.6) is 0 Å². The Bertz CT molecular complexity index is 357. The van der Waals surface area contributed by atoms with Gasteiger partial charge >= 0.3 is 0 Å². The van der Waals surface area contributed by atoms with Crippen molar-refractivity contribution in [3.8, 4) is 0 Å². The first-order chi connectivity index (χ1) is 5.56. The fourth-order valence-electron chi connectivity index (χ4n) is 0.705. The van der Waals surface area contributed by atoms with Crippen LogP contribution in [0, 0.1) is 4.78 Å². The van der Waals surface area contributed by atoms with Gasteiger partial charge in [-0.3, -0.25) is 0 Å². The second-order valence-corrected chi connectivity index (χ2v) is 5.06. The van der Waals surface area contributed by atoms with Crippen LogP contribution in [-0.4, -0.2) is 14.9 Å². The number of nitrogens with one attached hydrogen (secondary N) is 1. The maximum Gasteiger partial charge on any atom is 0.135 e. The maximum atomic E-state index is 11.4. The van der Waals surface area contributed by atoms with Crippen LogP contribution in [0.1, 0.15) is 6.92 Å². The highest BCUT2D eigenvalue weighted by molar-refractivity contribution is 7.92.